The van der Waals surface area contributed by atoms with E-state index in [9.17, 15) is 4.79 Å². The van der Waals surface area contributed by atoms with Gasteiger partial charge in [-0.15, -0.1) is 0 Å². The molecule has 0 aromatic carbocycles. The van der Waals surface area contributed by atoms with Crippen LogP contribution in [0.15, 0.2) is 24.4 Å². The van der Waals surface area contributed by atoms with E-state index >= 15 is 0 Å². The van der Waals surface area contributed by atoms with Gasteiger partial charge in [0.2, 0.25) is 0 Å². The van der Waals surface area contributed by atoms with Gasteiger partial charge in [0.15, 0.2) is 0 Å². The van der Waals surface area contributed by atoms with Crippen molar-refractivity contribution in [1.82, 2.24) is 19.9 Å². The van der Waals surface area contributed by atoms with Crippen LogP contribution in [0.3, 0.4) is 0 Å². The van der Waals surface area contributed by atoms with Crippen LogP contribution >= 0.6 is 11.6 Å². The van der Waals surface area contributed by atoms with Crippen LogP contribution in [-0.4, -0.2) is 51.9 Å². The average Bonchev–Trinajstić information content (AvgIpc) is 2.54. The fraction of sp³-hybridized carbons (Fsp3) is 0.375. The van der Waals surface area contributed by atoms with E-state index in [0.29, 0.717) is 18.7 Å². The van der Waals surface area contributed by atoms with Crippen LogP contribution in [0, 0.1) is 13.8 Å². The molecule has 0 aliphatic carbocycles. The Morgan fingerprint density at radius 3 is 2.57 bits per heavy atom. The molecule has 3 heterocycles. The lowest BCUT2D eigenvalue weighted by Crippen LogP contribution is -2.49. The van der Waals surface area contributed by atoms with Gasteiger partial charge in [0.05, 0.1) is 5.56 Å². The lowest BCUT2D eigenvalue weighted by atomic mass is 10.2. The van der Waals surface area contributed by atoms with E-state index in [1.807, 2.05) is 19.9 Å². The van der Waals surface area contributed by atoms with Crippen molar-refractivity contribution in [1.29, 1.82) is 0 Å². The third-order valence-electron chi connectivity index (χ3n) is 3.83. The van der Waals surface area contributed by atoms with Crippen LogP contribution in [0.5, 0.6) is 0 Å². The second kappa shape index (κ2) is 6.50. The summed E-state index contributed by atoms with van der Waals surface area (Å²) in [5.41, 5.74) is 1.41. The number of hydrogen-bond acceptors (Lipinski definition) is 5. The molecule has 0 N–H and O–H groups in total. The van der Waals surface area contributed by atoms with E-state index in [1.165, 1.54) is 0 Å². The summed E-state index contributed by atoms with van der Waals surface area (Å²) >= 11 is 6.01. The molecule has 1 amide bonds. The van der Waals surface area contributed by atoms with Crippen molar-refractivity contribution < 1.29 is 4.79 Å². The first-order chi connectivity index (χ1) is 11.0. The fourth-order valence-corrected chi connectivity index (χ4v) is 2.91. The summed E-state index contributed by atoms with van der Waals surface area (Å²) in [6, 6.07) is 5.41. The summed E-state index contributed by atoms with van der Waals surface area (Å²) in [5, 5.41) is 0.252. The van der Waals surface area contributed by atoms with Crippen molar-refractivity contribution in [3.63, 3.8) is 0 Å². The first-order valence-electron chi connectivity index (χ1n) is 7.51. The molecule has 120 valence electrons. The number of anilines is 1. The number of aryl methyl sites for hydroxylation is 2. The Kier molecular flexibility index (Phi) is 4.43. The van der Waals surface area contributed by atoms with E-state index in [0.717, 1.165) is 30.4 Å². The Labute approximate surface area is 140 Å². The zero-order valence-corrected chi connectivity index (χ0v) is 13.9. The van der Waals surface area contributed by atoms with Crippen LogP contribution in [0.25, 0.3) is 0 Å². The Morgan fingerprint density at radius 2 is 1.91 bits per heavy atom. The molecule has 0 bridgehead atoms. The minimum absolute atomic E-state index is 0.0715. The van der Waals surface area contributed by atoms with E-state index in [2.05, 4.69) is 19.9 Å². The molecule has 1 aliphatic rings. The summed E-state index contributed by atoms with van der Waals surface area (Å²) in [7, 11) is 0. The number of pyridine rings is 1. The van der Waals surface area contributed by atoms with Gasteiger partial charge < -0.3 is 9.80 Å². The fourth-order valence-electron chi connectivity index (χ4n) is 2.71. The van der Waals surface area contributed by atoms with Crippen LogP contribution < -0.4 is 4.90 Å². The van der Waals surface area contributed by atoms with Crippen LogP contribution in [0.1, 0.15) is 21.9 Å². The number of aromatic nitrogens is 3. The minimum Gasteiger partial charge on any atom is -0.353 e. The third kappa shape index (κ3) is 3.42. The van der Waals surface area contributed by atoms with Crippen LogP contribution in [-0.2, 0) is 0 Å². The molecule has 1 aliphatic heterocycles. The highest BCUT2D eigenvalue weighted by Gasteiger charge is 2.24. The Balaban J connectivity index is 1.69. The van der Waals surface area contributed by atoms with Crippen molar-refractivity contribution in [2.45, 2.75) is 13.8 Å². The molecule has 6 nitrogen and oxygen atoms in total. The molecule has 3 rings (SSSR count). The Hall–Kier alpha value is -2.21. The maximum absolute atomic E-state index is 12.5. The summed E-state index contributed by atoms with van der Waals surface area (Å²) in [4.78, 5) is 29.3. The smallest absolute Gasteiger partial charge is 0.257 e. The van der Waals surface area contributed by atoms with Gasteiger partial charge >= 0.3 is 0 Å². The quantitative estimate of drug-likeness (QED) is 0.789. The molecule has 0 unspecified atom stereocenters. The predicted octanol–water partition coefficient (Wildman–Crippen LogP) is 2.10. The first kappa shape index (κ1) is 15.7. The average molecular weight is 332 g/mol. The highest BCUT2D eigenvalue weighted by Crippen LogP contribution is 2.18. The zero-order chi connectivity index (χ0) is 16.4. The van der Waals surface area contributed by atoms with E-state index in [4.69, 9.17) is 11.6 Å². The number of rotatable bonds is 2. The SMILES string of the molecule is Cc1cc(N2CCN(C(=O)c3cccnc3Cl)CC2)nc(C)n1. The van der Waals surface area contributed by atoms with Gasteiger partial charge in [-0.3, -0.25) is 4.79 Å². The summed E-state index contributed by atoms with van der Waals surface area (Å²) in [5.74, 6) is 1.61. The van der Waals surface area contributed by atoms with Gasteiger partial charge in [-0.05, 0) is 26.0 Å². The number of halogens is 1. The van der Waals surface area contributed by atoms with Gasteiger partial charge in [0.25, 0.3) is 5.91 Å². The summed E-state index contributed by atoms with van der Waals surface area (Å²) in [6.45, 7) is 6.58. The molecule has 0 radical (unpaired) electrons. The molecule has 0 spiro atoms. The Morgan fingerprint density at radius 1 is 1.17 bits per heavy atom. The van der Waals surface area contributed by atoms with Gasteiger partial charge in [-0.2, -0.15) is 0 Å². The molecule has 7 heteroatoms. The van der Waals surface area contributed by atoms with E-state index in [1.54, 1.807) is 23.2 Å². The number of hydrogen-bond donors (Lipinski definition) is 0. The molecule has 23 heavy (non-hydrogen) atoms. The lowest BCUT2D eigenvalue weighted by molar-refractivity contribution is 0.0746. The molecular weight excluding hydrogens is 314 g/mol. The monoisotopic (exact) mass is 331 g/mol. The zero-order valence-electron chi connectivity index (χ0n) is 13.2. The molecule has 2 aromatic heterocycles. The summed E-state index contributed by atoms with van der Waals surface area (Å²) < 4.78 is 0. The second-order valence-electron chi connectivity index (χ2n) is 5.54. The van der Waals surface area contributed by atoms with Gasteiger partial charge in [-0.1, -0.05) is 11.6 Å². The van der Waals surface area contributed by atoms with Crippen molar-refractivity contribution in [3.05, 3.63) is 46.6 Å². The van der Waals surface area contributed by atoms with Gasteiger partial charge in [0.1, 0.15) is 16.8 Å². The highest BCUT2D eigenvalue weighted by atomic mass is 35.5. The predicted molar refractivity (Wildman–Crippen MR) is 88.9 cm³/mol. The van der Waals surface area contributed by atoms with Crippen molar-refractivity contribution in [3.8, 4) is 0 Å². The molecule has 2 aromatic rings. The number of carbonyl (C=O) groups excluding carboxylic acids is 1. The number of nitrogens with zero attached hydrogens (tertiary/aromatic N) is 5. The van der Waals surface area contributed by atoms with Crippen molar-refractivity contribution in [2.24, 2.45) is 0 Å². The maximum atomic E-state index is 12.5. The number of carbonyl (C=O) groups is 1. The number of piperazine rings is 1. The molecular formula is C16H18ClN5O. The van der Waals surface area contributed by atoms with Crippen molar-refractivity contribution in [2.75, 3.05) is 31.1 Å². The number of amides is 1. The largest absolute Gasteiger partial charge is 0.353 e. The highest BCUT2D eigenvalue weighted by molar-refractivity contribution is 6.32. The van der Waals surface area contributed by atoms with Crippen molar-refractivity contribution >= 4 is 23.3 Å². The lowest BCUT2D eigenvalue weighted by Gasteiger charge is -2.35. The van der Waals surface area contributed by atoms with E-state index in [-0.39, 0.29) is 11.1 Å². The van der Waals surface area contributed by atoms with Gasteiger partial charge in [-0.25, -0.2) is 15.0 Å². The Bertz CT molecular complexity index is 708. The second-order valence-corrected chi connectivity index (χ2v) is 5.89. The van der Waals surface area contributed by atoms with Crippen LogP contribution in [0.2, 0.25) is 5.15 Å². The molecule has 1 fully saturated rings. The topological polar surface area (TPSA) is 62.2 Å². The maximum Gasteiger partial charge on any atom is 0.257 e. The normalized spacial score (nSPS) is 14.9. The van der Waals surface area contributed by atoms with Crippen LogP contribution in [0.4, 0.5) is 5.82 Å². The summed E-state index contributed by atoms with van der Waals surface area (Å²) in [6.07, 6.45) is 1.58. The molecule has 1 saturated heterocycles. The molecule has 0 saturated carbocycles. The molecule has 0 atom stereocenters. The first-order valence-corrected chi connectivity index (χ1v) is 7.89. The third-order valence-corrected chi connectivity index (χ3v) is 4.13. The minimum atomic E-state index is -0.0715. The van der Waals surface area contributed by atoms with Gasteiger partial charge in [0, 0.05) is 44.1 Å². The van der Waals surface area contributed by atoms with E-state index < -0.39 is 0 Å². The standard InChI is InChI=1S/C16H18ClN5O/c1-11-10-14(20-12(2)19-11)21-6-8-22(9-7-21)16(23)13-4-3-5-18-15(13)17/h3-5,10H,6-9H2,1-2H3.